The minimum atomic E-state index is -0.921. The number of methoxy groups -OCH3 is 2. The summed E-state index contributed by atoms with van der Waals surface area (Å²) in [6.07, 6.45) is 0.494. The zero-order chi connectivity index (χ0) is 29.9. The molecule has 4 aromatic rings. The Morgan fingerprint density at radius 1 is 0.524 bits per heavy atom. The van der Waals surface area contributed by atoms with Crippen LogP contribution in [0.4, 0.5) is 0 Å². The van der Waals surface area contributed by atoms with Crippen LogP contribution in [0.2, 0.25) is 0 Å². The fourth-order valence-electron chi connectivity index (χ4n) is 4.67. The minimum absolute atomic E-state index is 0.247. The number of ether oxygens (including phenoxy) is 2. The fourth-order valence-corrected chi connectivity index (χ4v) is 4.67. The molecular weight excluding hydrogens is 532 g/mol. The highest BCUT2D eigenvalue weighted by Gasteiger charge is 2.27. The molecule has 2 N–H and O–H groups in total. The molecule has 4 rings (SSSR count). The normalized spacial score (nSPS) is 12.0. The van der Waals surface area contributed by atoms with Crippen molar-refractivity contribution in [2.75, 3.05) is 14.2 Å². The SMILES string of the molecule is COC(=O)[C@H](Cc1ccccc1)NC(=O)c1ccccc1-c1ccccc1C(=O)N[C@@H](Cc1ccccc1)C(=O)OC. The van der Waals surface area contributed by atoms with Gasteiger partial charge < -0.3 is 20.1 Å². The molecule has 0 bridgehead atoms. The van der Waals surface area contributed by atoms with Gasteiger partial charge in [0.2, 0.25) is 0 Å². The van der Waals surface area contributed by atoms with E-state index >= 15 is 0 Å². The summed E-state index contributed by atoms with van der Waals surface area (Å²) < 4.78 is 9.90. The molecule has 0 saturated heterocycles. The molecule has 0 aliphatic heterocycles. The lowest BCUT2D eigenvalue weighted by atomic mass is 9.94. The van der Waals surface area contributed by atoms with Crippen molar-refractivity contribution >= 4 is 23.8 Å². The monoisotopic (exact) mass is 564 g/mol. The summed E-state index contributed by atoms with van der Waals surface area (Å²) in [5, 5.41) is 5.60. The van der Waals surface area contributed by atoms with Crippen molar-refractivity contribution < 1.29 is 28.7 Å². The first-order valence-corrected chi connectivity index (χ1v) is 13.4. The van der Waals surface area contributed by atoms with Crippen molar-refractivity contribution in [3.63, 3.8) is 0 Å². The minimum Gasteiger partial charge on any atom is -0.467 e. The molecule has 8 nitrogen and oxygen atoms in total. The highest BCUT2D eigenvalue weighted by Crippen LogP contribution is 2.28. The maximum Gasteiger partial charge on any atom is 0.328 e. The lowest BCUT2D eigenvalue weighted by molar-refractivity contribution is -0.143. The van der Waals surface area contributed by atoms with Gasteiger partial charge in [0, 0.05) is 24.0 Å². The summed E-state index contributed by atoms with van der Waals surface area (Å²) >= 11 is 0. The van der Waals surface area contributed by atoms with Crippen LogP contribution < -0.4 is 10.6 Å². The maximum absolute atomic E-state index is 13.6. The van der Waals surface area contributed by atoms with Crippen molar-refractivity contribution in [1.29, 1.82) is 0 Å². The molecule has 0 aliphatic carbocycles. The molecule has 0 aromatic heterocycles. The highest BCUT2D eigenvalue weighted by molar-refractivity contribution is 6.07. The van der Waals surface area contributed by atoms with E-state index in [-0.39, 0.29) is 24.0 Å². The van der Waals surface area contributed by atoms with Crippen molar-refractivity contribution in [2.45, 2.75) is 24.9 Å². The Balaban J connectivity index is 1.62. The molecule has 0 heterocycles. The summed E-state index contributed by atoms with van der Waals surface area (Å²) in [4.78, 5) is 52.3. The van der Waals surface area contributed by atoms with Gasteiger partial charge in [-0.05, 0) is 34.4 Å². The Labute approximate surface area is 244 Å². The number of amides is 2. The molecule has 0 saturated carbocycles. The van der Waals surface area contributed by atoms with Gasteiger partial charge in [0.15, 0.2) is 0 Å². The van der Waals surface area contributed by atoms with Gasteiger partial charge in [-0.3, -0.25) is 9.59 Å². The van der Waals surface area contributed by atoms with Gasteiger partial charge in [0.25, 0.3) is 11.8 Å². The summed E-state index contributed by atoms with van der Waals surface area (Å²) in [7, 11) is 2.54. The molecule has 0 radical (unpaired) electrons. The molecule has 0 unspecified atom stereocenters. The second-order valence-electron chi connectivity index (χ2n) is 9.57. The second kappa shape index (κ2) is 14.4. The smallest absolute Gasteiger partial charge is 0.328 e. The number of carbonyl (C=O) groups is 4. The zero-order valence-corrected chi connectivity index (χ0v) is 23.4. The van der Waals surface area contributed by atoms with Gasteiger partial charge in [-0.2, -0.15) is 0 Å². The van der Waals surface area contributed by atoms with E-state index < -0.39 is 35.8 Å². The van der Waals surface area contributed by atoms with Crippen LogP contribution in [0.15, 0.2) is 109 Å². The summed E-state index contributed by atoms with van der Waals surface area (Å²) in [6, 6.07) is 30.4. The predicted octanol–water partition coefficient (Wildman–Crippen LogP) is 4.38. The number of hydrogen-bond donors (Lipinski definition) is 2. The summed E-state index contributed by atoms with van der Waals surface area (Å²) in [5.41, 5.74) is 3.24. The quantitative estimate of drug-likeness (QED) is 0.262. The number of hydrogen-bond acceptors (Lipinski definition) is 6. The molecule has 0 aliphatic rings. The molecular formula is C34H32N2O6. The van der Waals surface area contributed by atoms with Gasteiger partial charge in [-0.1, -0.05) is 97.1 Å². The summed E-state index contributed by atoms with van der Waals surface area (Å²) in [6.45, 7) is 0. The Hall–Kier alpha value is -5.24. The average Bonchev–Trinajstić information content (AvgIpc) is 3.04. The maximum atomic E-state index is 13.6. The molecule has 2 amide bonds. The van der Waals surface area contributed by atoms with Gasteiger partial charge >= 0.3 is 11.9 Å². The van der Waals surface area contributed by atoms with Gasteiger partial charge in [0.05, 0.1) is 14.2 Å². The third-order valence-electron chi connectivity index (χ3n) is 6.78. The van der Waals surface area contributed by atoms with E-state index in [0.29, 0.717) is 11.1 Å². The molecule has 0 fully saturated rings. The molecule has 0 spiro atoms. The first-order chi connectivity index (χ1) is 20.4. The molecule has 8 heteroatoms. The lowest BCUT2D eigenvalue weighted by Gasteiger charge is -2.20. The molecule has 4 aromatic carbocycles. The van der Waals surface area contributed by atoms with E-state index in [9.17, 15) is 19.2 Å². The predicted molar refractivity (Wildman–Crippen MR) is 159 cm³/mol. The van der Waals surface area contributed by atoms with Crippen LogP contribution in [0, 0.1) is 0 Å². The largest absolute Gasteiger partial charge is 0.467 e. The van der Waals surface area contributed by atoms with Crippen LogP contribution in [0.25, 0.3) is 11.1 Å². The van der Waals surface area contributed by atoms with E-state index in [4.69, 9.17) is 9.47 Å². The molecule has 2 atom stereocenters. The van der Waals surface area contributed by atoms with Crippen molar-refractivity contribution in [1.82, 2.24) is 10.6 Å². The van der Waals surface area contributed by atoms with Crippen LogP contribution in [-0.4, -0.2) is 50.1 Å². The fraction of sp³-hybridized carbons (Fsp3) is 0.176. The van der Waals surface area contributed by atoms with Gasteiger partial charge in [-0.15, -0.1) is 0 Å². The van der Waals surface area contributed by atoms with Crippen molar-refractivity contribution in [3.8, 4) is 11.1 Å². The lowest BCUT2D eigenvalue weighted by Crippen LogP contribution is -2.43. The van der Waals surface area contributed by atoms with E-state index in [2.05, 4.69) is 10.6 Å². The van der Waals surface area contributed by atoms with Gasteiger partial charge in [-0.25, -0.2) is 9.59 Å². The standard InChI is InChI=1S/C34H32N2O6/c1-41-33(39)29(21-23-13-5-3-6-14-23)35-31(37)27-19-11-9-17-25(27)26-18-10-12-20-28(26)32(38)36-30(34(40)42-2)22-24-15-7-4-8-16-24/h3-20,29-30H,21-22H2,1-2H3,(H,35,37)(H,36,38)/t29-,30-/m0/s1. The molecule has 214 valence electrons. The average molecular weight is 565 g/mol. The van der Waals surface area contributed by atoms with Crippen molar-refractivity contribution in [3.05, 3.63) is 131 Å². The first kappa shape index (κ1) is 29.7. The Morgan fingerprint density at radius 3 is 1.21 bits per heavy atom. The number of nitrogens with one attached hydrogen (secondary N) is 2. The van der Waals surface area contributed by atoms with E-state index in [0.717, 1.165) is 11.1 Å². The van der Waals surface area contributed by atoms with E-state index in [1.165, 1.54) is 14.2 Å². The topological polar surface area (TPSA) is 111 Å². The highest BCUT2D eigenvalue weighted by atomic mass is 16.5. The van der Waals surface area contributed by atoms with E-state index in [1.54, 1.807) is 48.5 Å². The first-order valence-electron chi connectivity index (χ1n) is 13.4. The van der Waals surface area contributed by atoms with Gasteiger partial charge in [0.1, 0.15) is 12.1 Å². The van der Waals surface area contributed by atoms with Crippen molar-refractivity contribution in [2.24, 2.45) is 0 Å². The van der Waals surface area contributed by atoms with Crippen LogP contribution in [0.3, 0.4) is 0 Å². The Bertz CT molecular complexity index is 1420. The number of carbonyl (C=O) groups excluding carboxylic acids is 4. The van der Waals surface area contributed by atoms with Crippen LogP contribution in [0.1, 0.15) is 31.8 Å². The third-order valence-corrected chi connectivity index (χ3v) is 6.78. The van der Waals surface area contributed by atoms with Crippen LogP contribution in [-0.2, 0) is 31.9 Å². The summed E-state index contributed by atoms with van der Waals surface area (Å²) in [5.74, 6) is -2.14. The number of rotatable bonds is 11. The van der Waals surface area contributed by atoms with Crippen LogP contribution in [0.5, 0.6) is 0 Å². The van der Waals surface area contributed by atoms with E-state index in [1.807, 2.05) is 60.7 Å². The second-order valence-corrected chi connectivity index (χ2v) is 9.57. The Kier molecular flexibility index (Phi) is 10.2. The van der Waals surface area contributed by atoms with Crippen LogP contribution >= 0.6 is 0 Å². The number of esters is 2. The number of benzene rings is 4. The zero-order valence-electron chi connectivity index (χ0n) is 23.4. The molecule has 42 heavy (non-hydrogen) atoms. The third kappa shape index (κ3) is 7.48. The Morgan fingerprint density at radius 2 is 0.857 bits per heavy atom.